The van der Waals surface area contributed by atoms with Crippen LogP contribution in [0.1, 0.15) is 39.9 Å². The van der Waals surface area contributed by atoms with Gasteiger partial charge >= 0.3 is 0 Å². The maximum absolute atomic E-state index is 13.2. The normalized spacial score (nSPS) is 24.9. The fourth-order valence-electron chi connectivity index (χ4n) is 6.10. The number of ketones is 1. The number of rotatable bonds is 6. The van der Waals surface area contributed by atoms with Crippen LogP contribution in [0.5, 0.6) is 0 Å². The topological polar surface area (TPSA) is 37.3 Å². The van der Waals surface area contributed by atoms with Crippen molar-refractivity contribution in [3.63, 3.8) is 0 Å². The van der Waals surface area contributed by atoms with E-state index in [2.05, 4.69) is 0 Å². The summed E-state index contributed by atoms with van der Waals surface area (Å²) >= 11 is 0. The summed E-state index contributed by atoms with van der Waals surface area (Å²) in [6.45, 7) is 5.45. The summed E-state index contributed by atoms with van der Waals surface area (Å²) in [7, 11) is 0. The first-order chi connectivity index (χ1) is 15.5. The highest BCUT2D eigenvalue weighted by Gasteiger charge is 2.55. The Balaban J connectivity index is 1.49. The molecule has 3 aromatic carbocycles. The second-order valence-corrected chi connectivity index (χ2v) is 9.86. The number of aryl methyl sites for hydroxylation is 1. The van der Waals surface area contributed by atoms with E-state index >= 15 is 0 Å². The molecule has 3 aliphatic rings. The maximum Gasteiger partial charge on any atom is 0.216 e. The average molecular weight is 427 g/mol. The monoisotopic (exact) mass is 426 g/mol. The van der Waals surface area contributed by atoms with Gasteiger partial charge in [0.25, 0.3) is 0 Å². The molecular formula is C29H32NO2+. The minimum atomic E-state index is -1.05. The summed E-state index contributed by atoms with van der Waals surface area (Å²) in [6.07, 6.45) is 2.13. The van der Waals surface area contributed by atoms with E-state index in [0.717, 1.165) is 53.6 Å². The van der Waals surface area contributed by atoms with Crippen molar-refractivity contribution >= 4 is 5.78 Å². The Kier molecular flexibility index (Phi) is 5.48. The van der Waals surface area contributed by atoms with Crippen LogP contribution in [-0.4, -0.2) is 41.6 Å². The fraction of sp³-hybridized carbons (Fsp3) is 0.345. The third-order valence-corrected chi connectivity index (χ3v) is 7.92. The number of hydrogen-bond acceptors (Lipinski definition) is 2. The SMILES string of the molecule is Cc1ccc(C(=O)C[N+]23CCC(CC2)C(C(O)(c2ccccc2)c2ccccc2)C3)cc1. The second-order valence-electron chi connectivity index (χ2n) is 9.86. The van der Waals surface area contributed by atoms with Gasteiger partial charge in [0.2, 0.25) is 5.78 Å². The number of piperidine rings is 3. The molecule has 3 heteroatoms. The fourth-order valence-corrected chi connectivity index (χ4v) is 6.10. The molecule has 6 rings (SSSR count). The predicted octanol–water partition coefficient (Wildman–Crippen LogP) is 4.97. The van der Waals surface area contributed by atoms with Crippen molar-refractivity contribution in [3.8, 4) is 0 Å². The molecule has 1 atom stereocenters. The highest BCUT2D eigenvalue weighted by molar-refractivity contribution is 5.97. The van der Waals surface area contributed by atoms with Gasteiger partial charge in [-0.15, -0.1) is 0 Å². The van der Waals surface area contributed by atoms with Crippen molar-refractivity contribution in [2.75, 3.05) is 26.2 Å². The van der Waals surface area contributed by atoms with Gasteiger partial charge in [-0.05, 0) is 24.0 Å². The first-order valence-electron chi connectivity index (χ1n) is 11.8. The van der Waals surface area contributed by atoms with E-state index < -0.39 is 5.60 Å². The van der Waals surface area contributed by atoms with Crippen molar-refractivity contribution in [2.24, 2.45) is 11.8 Å². The molecule has 1 unspecified atom stereocenters. The van der Waals surface area contributed by atoms with Gasteiger partial charge in [-0.3, -0.25) is 4.79 Å². The lowest BCUT2D eigenvalue weighted by Crippen LogP contribution is -2.66. The highest BCUT2D eigenvalue weighted by Crippen LogP contribution is 2.49. The van der Waals surface area contributed by atoms with Crippen LogP contribution in [-0.2, 0) is 5.60 Å². The Morgan fingerprint density at radius 1 is 0.875 bits per heavy atom. The lowest BCUT2D eigenvalue weighted by Gasteiger charge is -2.56. The molecule has 3 fully saturated rings. The van der Waals surface area contributed by atoms with Gasteiger partial charge in [0.15, 0.2) is 0 Å². The van der Waals surface area contributed by atoms with Crippen molar-refractivity contribution in [2.45, 2.75) is 25.4 Å². The maximum atomic E-state index is 13.2. The molecule has 3 saturated heterocycles. The van der Waals surface area contributed by atoms with Crippen LogP contribution in [0.2, 0.25) is 0 Å². The predicted molar refractivity (Wildman–Crippen MR) is 127 cm³/mol. The molecule has 0 radical (unpaired) electrons. The summed E-state index contributed by atoms with van der Waals surface area (Å²) in [5.74, 6) is 0.766. The largest absolute Gasteiger partial charge is 0.380 e. The Bertz CT molecular complexity index is 1030. The number of carbonyl (C=O) groups excluding carboxylic acids is 1. The number of Topliss-reactive ketones (excluding diaryl/α,β-unsaturated/α-hetero) is 1. The van der Waals surface area contributed by atoms with Crippen LogP contribution in [0.4, 0.5) is 0 Å². The molecule has 0 aliphatic carbocycles. The molecule has 0 saturated carbocycles. The van der Waals surface area contributed by atoms with Crippen molar-refractivity contribution in [1.29, 1.82) is 0 Å². The lowest BCUT2D eigenvalue weighted by molar-refractivity contribution is -0.940. The minimum Gasteiger partial charge on any atom is -0.380 e. The van der Waals surface area contributed by atoms with Crippen LogP contribution in [0.25, 0.3) is 0 Å². The number of carbonyl (C=O) groups is 1. The number of nitrogens with zero attached hydrogens (tertiary/aromatic N) is 1. The minimum absolute atomic E-state index is 0.0839. The molecule has 3 aliphatic heterocycles. The molecule has 164 valence electrons. The first kappa shape index (κ1) is 21.1. The molecule has 3 aromatic rings. The molecule has 0 aromatic heterocycles. The van der Waals surface area contributed by atoms with Gasteiger partial charge in [0, 0.05) is 24.3 Å². The summed E-state index contributed by atoms with van der Waals surface area (Å²) in [5, 5.41) is 12.4. The Labute approximate surface area is 190 Å². The van der Waals surface area contributed by atoms with Gasteiger partial charge < -0.3 is 9.59 Å². The molecule has 3 nitrogen and oxygen atoms in total. The van der Waals surface area contributed by atoms with Gasteiger partial charge in [-0.25, -0.2) is 0 Å². The number of hydrogen-bond donors (Lipinski definition) is 1. The molecule has 2 bridgehead atoms. The van der Waals surface area contributed by atoms with E-state index in [1.807, 2.05) is 91.9 Å². The number of benzene rings is 3. The second kappa shape index (κ2) is 8.31. The van der Waals surface area contributed by atoms with E-state index in [9.17, 15) is 9.90 Å². The molecule has 1 N–H and O–H groups in total. The number of aliphatic hydroxyl groups is 1. The summed E-state index contributed by atoms with van der Waals surface area (Å²) in [6, 6.07) is 28.2. The highest BCUT2D eigenvalue weighted by atomic mass is 16.3. The van der Waals surface area contributed by atoms with Crippen molar-refractivity contribution < 1.29 is 14.4 Å². The van der Waals surface area contributed by atoms with Crippen LogP contribution in [0, 0.1) is 18.8 Å². The average Bonchev–Trinajstić information content (AvgIpc) is 2.85. The van der Waals surface area contributed by atoms with Crippen LogP contribution >= 0.6 is 0 Å². The van der Waals surface area contributed by atoms with E-state index in [-0.39, 0.29) is 11.7 Å². The lowest BCUT2D eigenvalue weighted by atomic mass is 9.64. The van der Waals surface area contributed by atoms with E-state index in [0.29, 0.717) is 12.5 Å². The zero-order chi connectivity index (χ0) is 22.2. The summed E-state index contributed by atoms with van der Waals surface area (Å²) in [5.41, 5.74) is 2.82. The van der Waals surface area contributed by atoms with Crippen LogP contribution in [0.3, 0.4) is 0 Å². The van der Waals surface area contributed by atoms with Crippen molar-refractivity contribution in [3.05, 3.63) is 107 Å². The zero-order valence-corrected chi connectivity index (χ0v) is 18.8. The van der Waals surface area contributed by atoms with Gasteiger partial charge in [0.05, 0.1) is 19.6 Å². The molecule has 3 heterocycles. The third-order valence-electron chi connectivity index (χ3n) is 7.92. The van der Waals surface area contributed by atoms with Gasteiger partial charge in [-0.1, -0.05) is 90.5 Å². The first-order valence-corrected chi connectivity index (χ1v) is 11.8. The van der Waals surface area contributed by atoms with Crippen molar-refractivity contribution in [1.82, 2.24) is 0 Å². The molecule has 0 amide bonds. The molecule has 32 heavy (non-hydrogen) atoms. The zero-order valence-electron chi connectivity index (χ0n) is 18.8. The smallest absolute Gasteiger partial charge is 0.216 e. The summed E-state index contributed by atoms with van der Waals surface area (Å²) in [4.78, 5) is 13.2. The summed E-state index contributed by atoms with van der Waals surface area (Å²) < 4.78 is 0.788. The molecule has 0 spiro atoms. The Hall–Kier alpha value is -2.75. The Morgan fingerprint density at radius 3 is 1.94 bits per heavy atom. The van der Waals surface area contributed by atoms with Crippen LogP contribution in [0.15, 0.2) is 84.9 Å². The van der Waals surface area contributed by atoms with Crippen LogP contribution < -0.4 is 0 Å². The quantitative estimate of drug-likeness (QED) is 0.446. The van der Waals surface area contributed by atoms with Gasteiger partial charge in [-0.2, -0.15) is 0 Å². The standard InChI is InChI=1S/C29H32NO2/c1-22-12-14-24(15-13-22)28(31)21-30-18-16-23(17-19-30)27(20-30)29(32,25-8-4-2-5-9-25)26-10-6-3-7-11-26/h2-15,23,27,32H,16-21H2,1H3/q+1. The van der Waals surface area contributed by atoms with E-state index in [1.54, 1.807) is 0 Å². The van der Waals surface area contributed by atoms with E-state index in [1.165, 1.54) is 5.56 Å². The Morgan fingerprint density at radius 2 is 1.41 bits per heavy atom. The number of quaternary nitrogens is 1. The third kappa shape index (κ3) is 3.70. The van der Waals surface area contributed by atoms with Gasteiger partial charge in [0.1, 0.15) is 12.1 Å². The van der Waals surface area contributed by atoms with E-state index in [4.69, 9.17) is 0 Å². The molecular weight excluding hydrogens is 394 g/mol. The number of fused-ring (bicyclic) bond motifs is 3.